The van der Waals surface area contributed by atoms with Crippen molar-refractivity contribution >= 4 is 37.5 Å². The molecule has 2 heterocycles. The Morgan fingerprint density at radius 1 is 1.30 bits per heavy atom. The van der Waals surface area contributed by atoms with Gasteiger partial charge in [0.25, 0.3) is 10.0 Å². The normalized spacial score (nSPS) is 11.2. The topological polar surface area (TPSA) is 84.0 Å². The molecule has 8 heteroatoms. The lowest BCUT2D eigenvalue weighted by molar-refractivity contribution is 0.597. The van der Waals surface area contributed by atoms with Crippen LogP contribution in [0.5, 0.6) is 0 Å². The first-order chi connectivity index (χ1) is 9.44. The number of halogens is 1. The molecule has 0 aliphatic heterocycles. The predicted molar refractivity (Wildman–Crippen MR) is 81.3 cm³/mol. The summed E-state index contributed by atoms with van der Waals surface area (Å²) < 4.78 is 27.9. The Hall–Kier alpha value is -1.67. The zero-order chi connectivity index (χ0) is 14.8. The number of anilines is 2. The quantitative estimate of drug-likeness (QED) is 0.878. The van der Waals surface area contributed by atoms with Crippen LogP contribution in [0.15, 0.2) is 40.1 Å². The molecular weight excluding hydrogens is 344 g/mol. The lowest BCUT2D eigenvalue weighted by atomic mass is 10.3. The first-order valence-corrected chi connectivity index (χ1v) is 7.99. The van der Waals surface area contributed by atoms with Crippen LogP contribution < -0.4 is 10.0 Å². The molecule has 0 aromatic carbocycles. The molecule has 0 bridgehead atoms. The highest BCUT2D eigenvalue weighted by Crippen LogP contribution is 2.23. The Morgan fingerprint density at radius 2 is 2.05 bits per heavy atom. The van der Waals surface area contributed by atoms with Crippen LogP contribution in [0, 0.1) is 6.92 Å². The number of nitrogens with zero attached hydrogens (tertiary/aromatic N) is 2. The van der Waals surface area contributed by atoms with E-state index < -0.39 is 10.0 Å². The molecule has 2 rings (SSSR count). The van der Waals surface area contributed by atoms with Crippen LogP contribution in [0.1, 0.15) is 5.56 Å². The van der Waals surface area contributed by atoms with Crippen LogP contribution >= 0.6 is 15.9 Å². The Kier molecular flexibility index (Phi) is 4.24. The van der Waals surface area contributed by atoms with Crippen molar-refractivity contribution in [1.82, 2.24) is 9.97 Å². The molecular formula is C12H13BrN4O2S. The largest absolute Gasteiger partial charge is 0.386 e. The van der Waals surface area contributed by atoms with Crippen LogP contribution in [0.3, 0.4) is 0 Å². The number of aromatic nitrogens is 2. The van der Waals surface area contributed by atoms with E-state index in [1.54, 1.807) is 32.2 Å². The number of rotatable bonds is 4. The van der Waals surface area contributed by atoms with Gasteiger partial charge in [0.1, 0.15) is 5.82 Å². The van der Waals surface area contributed by atoms with Gasteiger partial charge < -0.3 is 5.32 Å². The fourth-order valence-electron chi connectivity index (χ4n) is 1.62. The zero-order valence-corrected chi connectivity index (χ0v) is 13.3. The van der Waals surface area contributed by atoms with E-state index in [-0.39, 0.29) is 10.8 Å². The van der Waals surface area contributed by atoms with Gasteiger partial charge in [-0.3, -0.25) is 4.72 Å². The Labute approximate surface area is 125 Å². The van der Waals surface area contributed by atoms with Crippen molar-refractivity contribution in [3.05, 3.63) is 40.6 Å². The summed E-state index contributed by atoms with van der Waals surface area (Å²) in [7, 11) is -2.15. The summed E-state index contributed by atoms with van der Waals surface area (Å²) in [6.07, 6.45) is 2.96. The highest BCUT2D eigenvalue weighted by molar-refractivity contribution is 9.10. The molecule has 0 atom stereocenters. The summed E-state index contributed by atoms with van der Waals surface area (Å²) in [5.41, 5.74) is 1.14. The van der Waals surface area contributed by atoms with Crippen LogP contribution in [-0.2, 0) is 10.0 Å². The summed E-state index contributed by atoms with van der Waals surface area (Å²) in [6.45, 7) is 1.77. The molecule has 0 aliphatic carbocycles. The molecule has 0 unspecified atom stereocenters. The first kappa shape index (κ1) is 14.7. The second-order valence-corrected chi connectivity index (χ2v) is 6.54. The van der Waals surface area contributed by atoms with Gasteiger partial charge in [-0.15, -0.1) is 0 Å². The molecule has 0 saturated carbocycles. The van der Waals surface area contributed by atoms with Crippen molar-refractivity contribution in [2.75, 3.05) is 17.1 Å². The Balaban J connectivity index is 2.41. The van der Waals surface area contributed by atoms with E-state index in [0.29, 0.717) is 11.3 Å². The zero-order valence-electron chi connectivity index (χ0n) is 10.9. The summed E-state index contributed by atoms with van der Waals surface area (Å²) in [5.74, 6) is 0.279. The molecule has 0 radical (unpaired) electrons. The summed E-state index contributed by atoms with van der Waals surface area (Å²) in [4.78, 5) is 7.97. The van der Waals surface area contributed by atoms with Crippen molar-refractivity contribution in [3.63, 3.8) is 0 Å². The average Bonchev–Trinajstić information content (AvgIpc) is 2.42. The second-order valence-electron chi connectivity index (χ2n) is 4.03. The minimum Gasteiger partial charge on any atom is -0.386 e. The maximum absolute atomic E-state index is 12.4. The Bertz CT molecular complexity index is 734. The SMILES string of the molecule is CNc1cccnc1S(=O)(=O)Nc1ncc(Br)cc1C. The smallest absolute Gasteiger partial charge is 0.282 e. The van der Waals surface area contributed by atoms with E-state index in [9.17, 15) is 8.42 Å². The fourth-order valence-corrected chi connectivity index (χ4v) is 3.29. The van der Waals surface area contributed by atoms with Gasteiger partial charge in [-0.25, -0.2) is 9.97 Å². The van der Waals surface area contributed by atoms with Crippen molar-refractivity contribution < 1.29 is 8.42 Å². The maximum atomic E-state index is 12.4. The molecule has 106 valence electrons. The van der Waals surface area contributed by atoms with Gasteiger partial charge in [0.15, 0.2) is 5.03 Å². The van der Waals surface area contributed by atoms with E-state index in [0.717, 1.165) is 4.47 Å². The van der Waals surface area contributed by atoms with Gasteiger partial charge in [0, 0.05) is 23.9 Å². The average molecular weight is 357 g/mol. The molecule has 0 saturated heterocycles. The number of hydrogen-bond donors (Lipinski definition) is 2. The minimum atomic E-state index is -3.79. The number of sulfonamides is 1. The molecule has 20 heavy (non-hydrogen) atoms. The van der Waals surface area contributed by atoms with Gasteiger partial charge in [-0.1, -0.05) is 0 Å². The maximum Gasteiger partial charge on any atom is 0.282 e. The third-order valence-corrected chi connectivity index (χ3v) is 4.30. The van der Waals surface area contributed by atoms with E-state index in [2.05, 4.69) is 35.9 Å². The van der Waals surface area contributed by atoms with Gasteiger partial charge in [0.05, 0.1) is 5.69 Å². The van der Waals surface area contributed by atoms with E-state index >= 15 is 0 Å². The van der Waals surface area contributed by atoms with Crippen LogP contribution in [0.2, 0.25) is 0 Å². The van der Waals surface area contributed by atoms with Crippen molar-refractivity contribution in [1.29, 1.82) is 0 Å². The fraction of sp³-hybridized carbons (Fsp3) is 0.167. The molecule has 2 aromatic rings. The molecule has 0 aliphatic rings. The van der Waals surface area contributed by atoms with Crippen molar-refractivity contribution in [2.45, 2.75) is 11.9 Å². The molecule has 6 nitrogen and oxygen atoms in total. The van der Waals surface area contributed by atoms with Gasteiger partial charge in [-0.05, 0) is 46.6 Å². The van der Waals surface area contributed by atoms with E-state index in [1.165, 1.54) is 12.4 Å². The highest BCUT2D eigenvalue weighted by Gasteiger charge is 2.21. The van der Waals surface area contributed by atoms with Crippen LogP contribution in [-0.4, -0.2) is 25.4 Å². The van der Waals surface area contributed by atoms with Gasteiger partial charge in [0.2, 0.25) is 0 Å². The predicted octanol–water partition coefficient (Wildman–Crippen LogP) is 2.39. The number of aryl methyl sites for hydroxylation is 1. The van der Waals surface area contributed by atoms with Crippen molar-refractivity contribution in [3.8, 4) is 0 Å². The summed E-state index contributed by atoms with van der Waals surface area (Å²) in [6, 6.07) is 5.08. The third kappa shape index (κ3) is 3.07. The lowest BCUT2D eigenvalue weighted by Gasteiger charge is -2.11. The number of pyridine rings is 2. The highest BCUT2D eigenvalue weighted by atomic mass is 79.9. The summed E-state index contributed by atoms with van der Waals surface area (Å²) >= 11 is 3.28. The van der Waals surface area contributed by atoms with Crippen LogP contribution in [0.25, 0.3) is 0 Å². The number of nitrogens with one attached hydrogen (secondary N) is 2. The molecule has 2 N–H and O–H groups in total. The van der Waals surface area contributed by atoms with Gasteiger partial charge in [-0.2, -0.15) is 8.42 Å². The molecule has 0 fully saturated rings. The van der Waals surface area contributed by atoms with Crippen LogP contribution in [0.4, 0.5) is 11.5 Å². The Morgan fingerprint density at radius 3 is 2.70 bits per heavy atom. The molecule has 0 spiro atoms. The first-order valence-electron chi connectivity index (χ1n) is 5.72. The summed E-state index contributed by atoms with van der Waals surface area (Å²) in [5, 5.41) is 2.74. The molecule has 2 aromatic heterocycles. The number of hydrogen-bond acceptors (Lipinski definition) is 5. The molecule has 0 amide bonds. The van der Waals surface area contributed by atoms with E-state index in [4.69, 9.17) is 0 Å². The minimum absolute atomic E-state index is 0.0633. The lowest BCUT2D eigenvalue weighted by Crippen LogP contribution is -2.17. The van der Waals surface area contributed by atoms with Crippen molar-refractivity contribution in [2.24, 2.45) is 0 Å². The second kappa shape index (κ2) is 5.76. The standard InChI is InChI=1S/C12H13BrN4O2S/c1-8-6-9(13)7-16-11(8)17-20(18,19)12-10(14-2)4-3-5-15-12/h3-7,14H,1-2H3,(H,16,17). The third-order valence-electron chi connectivity index (χ3n) is 2.57. The van der Waals surface area contributed by atoms with E-state index in [1.807, 2.05) is 0 Å². The van der Waals surface area contributed by atoms with Gasteiger partial charge >= 0.3 is 0 Å². The monoisotopic (exact) mass is 356 g/mol.